The smallest absolute Gasteiger partial charge is 0.269 e. The highest BCUT2D eigenvalue weighted by molar-refractivity contribution is 6.04. The van der Waals surface area contributed by atoms with Crippen LogP contribution in [0, 0.1) is 6.92 Å². The summed E-state index contributed by atoms with van der Waals surface area (Å²) in [5.41, 5.74) is 7.02. The van der Waals surface area contributed by atoms with Crippen molar-refractivity contribution in [3.8, 4) is 5.75 Å². The number of ketones is 1. The van der Waals surface area contributed by atoms with E-state index in [1.165, 1.54) is 36.5 Å². The first-order valence-electron chi connectivity index (χ1n) is 6.69. The first-order valence-corrected chi connectivity index (χ1v) is 6.69. The Labute approximate surface area is 128 Å². The zero-order chi connectivity index (χ0) is 15.9. The van der Waals surface area contributed by atoms with E-state index >= 15 is 0 Å². The molecule has 112 valence electrons. The lowest BCUT2D eigenvalue weighted by atomic mass is 10.1. The van der Waals surface area contributed by atoms with Crippen LogP contribution in [0.5, 0.6) is 5.75 Å². The molecular formula is C17H16N2O3. The zero-order valence-electron chi connectivity index (χ0n) is 12.0. The molecule has 2 rings (SSSR count). The minimum absolute atomic E-state index is 0.0908. The standard InChI is InChI=1S/C17H16N2O3/c1-12-2-4-13(5-3-12)16(21)10-11-18-19-17(22)14-6-8-15(20)9-7-14/h2-11,18,20H,1H3,(H,19,22). The highest BCUT2D eigenvalue weighted by Crippen LogP contribution is 2.09. The van der Waals surface area contributed by atoms with Crippen molar-refractivity contribution in [2.24, 2.45) is 0 Å². The van der Waals surface area contributed by atoms with E-state index in [0.29, 0.717) is 11.1 Å². The summed E-state index contributed by atoms with van der Waals surface area (Å²) < 4.78 is 0. The fraction of sp³-hybridized carbons (Fsp3) is 0.0588. The molecule has 5 heteroatoms. The summed E-state index contributed by atoms with van der Waals surface area (Å²) in [7, 11) is 0. The fourth-order valence-electron chi connectivity index (χ4n) is 1.72. The Morgan fingerprint density at radius 1 is 0.955 bits per heavy atom. The Morgan fingerprint density at radius 2 is 1.55 bits per heavy atom. The average molecular weight is 296 g/mol. The molecule has 0 radical (unpaired) electrons. The molecule has 0 bridgehead atoms. The number of aromatic hydroxyl groups is 1. The third-order valence-corrected chi connectivity index (χ3v) is 2.97. The number of nitrogens with one attached hydrogen (secondary N) is 2. The summed E-state index contributed by atoms with van der Waals surface area (Å²) in [5, 5.41) is 9.14. The van der Waals surface area contributed by atoms with E-state index in [1.807, 2.05) is 19.1 Å². The zero-order valence-corrected chi connectivity index (χ0v) is 12.0. The van der Waals surface area contributed by atoms with Gasteiger partial charge in [-0.1, -0.05) is 29.8 Å². The number of rotatable bonds is 5. The van der Waals surface area contributed by atoms with Gasteiger partial charge in [-0.25, -0.2) is 0 Å². The van der Waals surface area contributed by atoms with Crippen molar-refractivity contribution < 1.29 is 14.7 Å². The van der Waals surface area contributed by atoms with Gasteiger partial charge >= 0.3 is 0 Å². The first kappa shape index (κ1) is 15.3. The maximum atomic E-state index is 11.8. The number of phenolic OH excluding ortho intramolecular Hbond substituents is 1. The van der Waals surface area contributed by atoms with E-state index in [9.17, 15) is 9.59 Å². The van der Waals surface area contributed by atoms with Crippen LogP contribution < -0.4 is 10.9 Å². The van der Waals surface area contributed by atoms with Gasteiger partial charge < -0.3 is 10.5 Å². The second-order valence-electron chi connectivity index (χ2n) is 4.71. The van der Waals surface area contributed by atoms with E-state index in [0.717, 1.165) is 5.56 Å². The summed E-state index contributed by atoms with van der Waals surface area (Å²) in [6, 6.07) is 13.1. The number of carbonyl (C=O) groups excluding carboxylic acids is 2. The van der Waals surface area contributed by atoms with Crippen molar-refractivity contribution >= 4 is 11.7 Å². The minimum atomic E-state index is -0.368. The highest BCUT2D eigenvalue weighted by Gasteiger charge is 2.03. The lowest BCUT2D eigenvalue weighted by Crippen LogP contribution is -2.33. The van der Waals surface area contributed by atoms with Crippen molar-refractivity contribution in [1.29, 1.82) is 0 Å². The molecule has 0 aromatic heterocycles. The maximum Gasteiger partial charge on any atom is 0.269 e. The summed E-state index contributed by atoms with van der Waals surface area (Å²) in [6.45, 7) is 1.95. The Hall–Kier alpha value is -3.08. The Kier molecular flexibility index (Phi) is 4.93. The van der Waals surface area contributed by atoms with Crippen molar-refractivity contribution in [1.82, 2.24) is 10.9 Å². The number of hydrazine groups is 1. The van der Waals surface area contributed by atoms with Crippen molar-refractivity contribution in [2.75, 3.05) is 0 Å². The second-order valence-corrected chi connectivity index (χ2v) is 4.71. The first-order chi connectivity index (χ1) is 10.6. The summed E-state index contributed by atoms with van der Waals surface area (Å²) in [6.07, 6.45) is 2.70. The molecule has 0 fully saturated rings. The van der Waals surface area contributed by atoms with Crippen LogP contribution in [0.3, 0.4) is 0 Å². The van der Waals surface area contributed by atoms with Gasteiger partial charge in [0, 0.05) is 23.4 Å². The number of hydrogen-bond acceptors (Lipinski definition) is 4. The SMILES string of the molecule is Cc1ccc(C(=O)C=CNNC(=O)c2ccc(O)cc2)cc1. The summed E-state index contributed by atoms with van der Waals surface area (Å²) >= 11 is 0. The molecule has 0 saturated heterocycles. The van der Waals surface area contributed by atoms with Crippen molar-refractivity contribution in [3.63, 3.8) is 0 Å². The van der Waals surface area contributed by atoms with Crippen LogP contribution in [0.1, 0.15) is 26.3 Å². The molecule has 0 aliphatic rings. The van der Waals surface area contributed by atoms with Gasteiger partial charge in [0.2, 0.25) is 0 Å². The van der Waals surface area contributed by atoms with Gasteiger partial charge in [0.1, 0.15) is 5.75 Å². The number of carbonyl (C=O) groups is 2. The molecule has 22 heavy (non-hydrogen) atoms. The van der Waals surface area contributed by atoms with Gasteiger partial charge in [-0.15, -0.1) is 0 Å². The van der Waals surface area contributed by atoms with Gasteiger partial charge in [-0.3, -0.25) is 15.0 Å². The lowest BCUT2D eigenvalue weighted by molar-refractivity contribution is 0.0939. The maximum absolute atomic E-state index is 11.8. The van der Waals surface area contributed by atoms with Crippen LogP contribution >= 0.6 is 0 Å². The van der Waals surface area contributed by atoms with Gasteiger partial charge in [0.15, 0.2) is 5.78 Å². The van der Waals surface area contributed by atoms with E-state index in [2.05, 4.69) is 10.9 Å². The molecule has 1 amide bonds. The predicted octanol–water partition coefficient (Wildman–Crippen LogP) is 2.33. The highest BCUT2D eigenvalue weighted by atomic mass is 16.3. The van der Waals surface area contributed by atoms with Crippen LogP contribution in [0.4, 0.5) is 0 Å². The fourth-order valence-corrected chi connectivity index (χ4v) is 1.72. The molecule has 0 spiro atoms. The summed E-state index contributed by atoms with van der Waals surface area (Å²) in [4.78, 5) is 23.6. The molecule has 0 saturated carbocycles. The lowest BCUT2D eigenvalue weighted by Gasteiger charge is -2.04. The molecule has 2 aromatic rings. The van der Waals surface area contributed by atoms with Crippen LogP contribution in [-0.4, -0.2) is 16.8 Å². The molecule has 5 nitrogen and oxygen atoms in total. The molecule has 3 N–H and O–H groups in total. The Balaban J connectivity index is 1.85. The molecule has 0 unspecified atom stereocenters. The van der Waals surface area contributed by atoms with Crippen molar-refractivity contribution in [3.05, 3.63) is 77.5 Å². The third kappa shape index (κ3) is 4.21. The van der Waals surface area contributed by atoms with E-state index in [4.69, 9.17) is 5.11 Å². The number of amides is 1. The van der Waals surface area contributed by atoms with Gasteiger partial charge in [-0.2, -0.15) is 0 Å². The number of phenols is 1. The minimum Gasteiger partial charge on any atom is -0.508 e. The van der Waals surface area contributed by atoms with E-state index in [1.54, 1.807) is 12.1 Å². The Morgan fingerprint density at radius 3 is 2.18 bits per heavy atom. The van der Waals surface area contributed by atoms with Gasteiger partial charge in [0.25, 0.3) is 5.91 Å². The van der Waals surface area contributed by atoms with Crippen LogP contribution in [0.15, 0.2) is 60.8 Å². The monoisotopic (exact) mass is 296 g/mol. The molecule has 2 aromatic carbocycles. The number of hydrogen-bond donors (Lipinski definition) is 3. The van der Waals surface area contributed by atoms with Gasteiger partial charge in [-0.05, 0) is 31.2 Å². The van der Waals surface area contributed by atoms with Gasteiger partial charge in [0.05, 0.1) is 0 Å². The largest absolute Gasteiger partial charge is 0.508 e. The van der Waals surface area contributed by atoms with E-state index < -0.39 is 0 Å². The number of benzene rings is 2. The quantitative estimate of drug-likeness (QED) is 0.449. The number of allylic oxidation sites excluding steroid dienone is 1. The molecular weight excluding hydrogens is 280 g/mol. The normalized spacial score (nSPS) is 10.4. The molecule has 0 aliphatic heterocycles. The predicted molar refractivity (Wildman–Crippen MR) is 83.4 cm³/mol. The third-order valence-electron chi connectivity index (χ3n) is 2.97. The molecule has 0 atom stereocenters. The average Bonchev–Trinajstić information content (AvgIpc) is 2.52. The second kappa shape index (κ2) is 7.08. The summed E-state index contributed by atoms with van der Waals surface area (Å²) in [5.74, 6) is -0.438. The van der Waals surface area contributed by atoms with Crippen LogP contribution in [0.2, 0.25) is 0 Å². The van der Waals surface area contributed by atoms with Crippen LogP contribution in [0.25, 0.3) is 0 Å². The van der Waals surface area contributed by atoms with E-state index in [-0.39, 0.29) is 17.4 Å². The Bertz CT molecular complexity index is 689. The molecule has 0 heterocycles. The topological polar surface area (TPSA) is 78.4 Å². The van der Waals surface area contributed by atoms with Crippen molar-refractivity contribution in [2.45, 2.75) is 6.92 Å². The van der Waals surface area contributed by atoms with Crippen LogP contribution in [-0.2, 0) is 0 Å². The molecule has 0 aliphatic carbocycles. The number of aryl methyl sites for hydroxylation is 1.